The second-order valence-corrected chi connectivity index (χ2v) is 9.76. The zero-order valence-corrected chi connectivity index (χ0v) is 20.4. The molecule has 0 fully saturated rings. The first-order valence-corrected chi connectivity index (χ1v) is 11.5. The van der Waals surface area contributed by atoms with Crippen molar-refractivity contribution in [1.82, 2.24) is 9.80 Å². The molecule has 0 aliphatic rings. The summed E-state index contributed by atoms with van der Waals surface area (Å²) in [4.78, 5) is 42.3. The number of hydrogen-bond acceptors (Lipinski definition) is 4. The molecule has 2 amide bonds. The summed E-state index contributed by atoms with van der Waals surface area (Å²) in [5.41, 5.74) is 1.01. The Morgan fingerprint density at radius 1 is 1.00 bits per heavy atom. The molecular formula is C28H31FN2O4. The van der Waals surface area contributed by atoms with Crippen LogP contribution in [0.3, 0.4) is 0 Å². The van der Waals surface area contributed by atoms with Crippen molar-refractivity contribution >= 4 is 22.8 Å². The lowest BCUT2D eigenvalue weighted by Crippen LogP contribution is -2.43. The zero-order chi connectivity index (χ0) is 25.6. The van der Waals surface area contributed by atoms with E-state index in [1.54, 1.807) is 42.5 Å². The average molecular weight is 479 g/mol. The molecular weight excluding hydrogens is 447 g/mol. The Labute approximate surface area is 204 Å². The molecule has 0 N–H and O–H groups in total. The number of halogens is 1. The maximum Gasteiger partial charge on any atom is 0.242 e. The Morgan fingerprint density at radius 2 is 1.69 bits per heavy atom. The van der Waals surface area contributed by atoms with Crippen LogP contribution in [-0.4, -0.2) is 34.7 Å². The molecule has 6 nitrogen and oxygen atoms in total. The average Bonchev–Trinajstić information content (AvgIpc) is 2.80. The van der Waals surface area contributed by atoms with Crippen LogP contribution in [0.4, 0.5) is 4.39 Å². The van der Waals surface area contributed by atoms with E-state index < -0.39 is 0 Å². The van der Waals surface area contributed by atoms with Crippen molar-refractivity contribution in [1.29, 1.82) is 0 Å². The largest absolute Gasteiger partial charge is 0.464 e. The van der Waals surface area contributed by atoms with E-state index in [2.05, 4.69) is 6.58 Å². The summed E-state index contributed by atoms with van der Waals surface area (Å²) < 4.78 is 19.0. The first-order chi connectivity index (χ1) is 16.6. The molecule has 0 unspecified atom stereocenters. The Hall–Kier alpha value is -3.74. The van der Waals surface area contributed by atoms with Crippen LogP contribution in [0.15, 0.2) is 76.7 Å². The molecule has 35 heavy (non-hydrogen) atoms. The molecule has 0 atom stereocenters. The van der Waals surface area contributed by atoms with Crippen molar-refractivity contribution in [2.45, 2.75) is 40.3 Å². The van der Waals surface area contributed by atoms with E-state index in [4.69, 9.17) is 4.42 Å². The van der Waals surface area contributed by atoms with E-state index in [0.717, 1.165) is 0 Å². The molecule has 3 rings (SSSR count). The van der Waals surface area contributed by atoms with E-state index in [-0.39, 0.29) is 61.1 Å². The quantitative estimate of drug-likeness (QED) is 0.410. The third kappa shape index (κ3) is 7.12. The summed E-state index contributed by atoms with van der Waals surface area (Å²) in [6, 6.07) is 12.7. The summed E-state index contributed by atoms with van der Waals surface area (Å²) in [7, 11) is 0. The van der Waals surface area contributed by atoms with Gasteiger partial charge in [-0.15, -0.1) is 6.58 Å². The van der Waals surface area contributed by atoms with Gasteiger partial charge in [0.1, 0.15) is 17.9 Å². The molecule has 0 spiro atoms. The van der Waals surface area contributed by atoms with Crippen LogP contribution in [0.5, 0.6) is 0 Å². The molecule has 0 bridgehead atoms. The first-order valence-electron chi connectivity index (χ1n) is 11.5. The third-order valence-electron chi connectivity index (χ3n) is 5.46. The fourth-order valence-corrected chi connectivity index (χ4v) is 3.71. The van der Waals surface area contributed by atoms with Gasteiger partial charge in [-0.3, -0.25) is 14.4 Å². The molecule has 7 heteroatoms. The number of para-hydroxylation sites is 1. The van der Waals surface area contributed by atoms with E-state index >= 15 is 0 Å². The molecule has 1 heterocycles. The Morgan fingerprint density at radius 3 is 2.34 bits per heavy atom. The minimum Gasteiger partial charge on any atom is -0.464 e. The monoisotopic (exact) mass is 478 g/mol. The van der Waals surface area contributed by atoms with Gasteiger partial charge < -0.3 is 14.2 Å². The molecule has 0 aliphatic heterocycles. The van der Waals surface area contributed by atoms with Gasteiger partial charge in [-0.25, -0.2) is 4.39 Å². The zero-order valence-electron chi connectivity index (χ0n) is 20.4. The SMILES string of the molecule is C=CCN(CC(=O)N(Cc1ccc(F)cc1)Cc1coc2ccccc2c1=O)C(=O)CC(C)(C)C. The lowest BCUT2D eigenvalue weighted by molar-refractivity contribution is -0.141. The van der Waals surface area contributed by atoms with Gasteiger partial charge in [0.05, 0.1) is 23.8 Å². The van der Waals surface area contributed by atoms with Gasteiger partial charge in [0.15, 0.2) is 5.43 Å². The van der Waals surface area contributed by atoms with Gasteiger partial charge in [0, 0.05) is 19.5 Å². The standard InChI is InChI=1S/C28H31FN2O4/c1-5-14-30(25(32)15-28(2,3)4)18-26(33)31(16-20-10-12-22(29)13-11-20)17-21-19-35-24-9-7-6-8-23(24)27(21)34/h5-13,19H,1,14-18H2,2-4H3. The maximum atomic E-state index is 13.4. The van der Waals surface area contributed by atoms with Gasteiger partial charge in [0.2, 0.25) is 11.8 Å². The van der Waals surface area contributed by atoms with E-state index in [1.165, 1.54) is 28.2 Å². The van der Waals surface area contributed by atoms with Gasteiger partial charge in [-0.05, 0) is 35.2 Å². The number of carbonyl (C=O) groups excluding carboxylic acids is 2. The van der Waals surface area contributed by atoms with Crippen LogP contribution in [0.1, 0.15) is 38.3 Å². The number of benzene rings is 2. The second-order valence-electron chi connectivity index (χ2n) is 9.76. The second kappa shape index (κ2) is 11.1. The number of hydrogen-bond donors (Lipinski definition) is 0. The van der Waals surface area contributed by atoms with Gasteiger partial charge >= 0.3 is 0 Å². The molecule has 2 aromatic carbocycles. The van der Waals surface area contributed by atoms with Crippen molar-refractivity contribution in [2.24, 2.45) is 5.41 Å². The highest BCUT2D eigenvalue weighted by molar-refractivity contribution is 5.85. The van der Waals surface area contributed by atoms with E-state index in [1.807, 2.05) is 20.8 Å². The minimum absolute atomic E-state index is 0.0151. The Kier molecular flexibility index (Phi) is 8.22. The van der Waals surface area contributed by atoms with Gasteiger partial charge in [0.25, 0.3) is 0 Å². The molecule has 0 saturated heterocycles. The van der Waals surface area contributed by atoms with Crippen LogP contribution >= 0.6 is 0 Å². The predicted octanol–water partition coefficient (Wildman–Crippen LogP) is 4.91. The fourth-order valence-electron chi connectivity index (χ4n) is 3.71. The predicted molar refractivity (Wildman–Crippen MR) is 134 cm³/mol. The Bertz CT molecular complexity index is 1260. The molecule has 0 saturated carbocycles. The molecule has 0 radical (unpaired) electrons. The van der Waals surface area contributed by atoms with Crippen molar-refractivity contribution < 1.29 is 18.4 Å². The van der Waals surface area contributed by atoms with Crippen LogP contribution in [0.25, 0.3) is 11.0 Å². The minimum atomic E-state index is -0.383. The fraction of sp³-hybridized carbons (Fsp3) is 0.321. The number of nitrogens with zero attached hydrogens (tertiary/aromatic N) is 2. The lowest BCUT2D eigenvalue weighted by atomic mass is 9.91. The van der Waals surface area contributed by atoms with Crippen molar-refractivity contribution in [2.75, 3.05) is 13.1 Å². The summed E-state index contributed by atoms with van der Waals surface area (Å²) in [6.45, 7) is 9.76. The molecule has 1 aromatic heterocycles. The highest BCUT2D eigenvalue weighted by Crippen LogP contribution is 2.20. The van der Waals surface area contributed by atoms with E-state index in [0.29, 0.717) is 22.1 Å². The van der Waals surface area contributed by atoms with Crippen LogP contribution in [-0.2, 0) is 22.7 Å². The lowest BCUT2D eigenvalue weighted by Gasteiger charge is -2.29. The number of rotatable bonds is 9. The third-order valence-corrected chi connectivity index (χ3v) is 5.46. The normalized spacial score (nSPS) is 11.3. The van der Waals surface area contributed by atoms with E-state index in [9.17, 15) is 18.8 Å². The summed E-state index contributed by atoms with van der Waals surface area (Å²) >= 11 is 0. The summed E-state index contributed by atoms with van der Waals surface area (Å²) in [6.07, 6.45) is 3.22. The maximum absolute atomic E-state index is 13.4. The number of fused-ring (bicyclic) bond motifs is 1. The Balaban J connectivity index is 1.90. The van der Waals surface area contributed by atoms with Crippen molar-refractivity contribution in [3.8, 4) is 0 Å². The topological polar surface area (TPSA) is 70.8 Å². The van der Waals surface area contributed by atoms with Gasteiger partial charge in [-0.1, -0.05) is 51.1 Å². The van der Waals surface area contributed by atoms with Crippen LogP contribution < -0.4 is 5.43 Å². The highest BCUT2D eigenvalue weighted by atomic mass is 19.1. The highest BCUT2D eigenvalue weighted by Gasteiger charge is 2.25. The number of amides is 2. The summed E-state index contributed by atoms with van der Waals surface area (Å²) in [5.74, 6) is -0.879. The van der Waals surface area contributed by atoms with Crippen molar-refractivity contribution in [3.05, 3.63) is 94.6 Å². The summed E-state index contributed by atoms with van der Waals surface area (Å²) in [5, 5.41) is 0.424. The number of carbonyl (C=O) groups is 2. The van der Waals surface area contributed by atoms with Gasteiger partial charge in [-0.2, -0.15) is 0 Å². The molecule has 3 aromatic rings. The van der Waals surface area contributed by atoms with Crippen molar-refractivity contribution in [3.63, 3.8) is 0 Å². The van der Waals surface area contributed by atoms with Crippen LogP contribution in [0.2, 0.25) is 0 Å². The smallest absolute Gasteiger partial charge is 0.242 e. The molecule has 0 aliphatic carbocycles. The molecule has 184 valence electrons. The van der Waals surface area contributed by atoms with Crippen LogP contribution in [0, 0.1) is 11.2 Å². The first kappa shape index (κ1) is 25.9.